The fourth-order valence-corrected chi connectivity index (χ4v) is 10.3. The number of carbonyl (C=O) groups excluding carboxylic acids is 1. The number of hydrogen-bond acceptors (Lipinski definition) is 15. The highest BCUT2D eigenvalue weighted by atomic mass is 19.4. The van der Waals surface area contributed by atoms with Crippen molar-refractivity contribution in [3.8, 4) is 0 Å². The molecule has 19 atom stereocenters. The lowest BCUT2D eigenvalue weighted by molar-refractivity contribution is -0.336. The quantitative estimate of drug-likeness (QED) is 0.159. The first-order valence-corrected chi connectivity index (χ1v) is 22.2. The average molecular weight is 886 g/mol. The zero-order valence-corrected chi connectivity index (χ0v) is 38.9. The van der Waals surface area contributed by atoms with E-state index in [4.69, 9.17) is 33.2 Å². The molecule has 0 spiro atoms. The highest BCUT2D eigenvalue weighted by Crippen LogP contribution is 2.45. The van der Waals surface area contributed by atoms with Gasteiger partial charge >= 0.3 is 12.1 Å². The van der Waals surface area contributed by atoms with Gasteiger partial charge in [0.05, 0.1) is 35.9 Å². The molecule has 4 fully saturated rings. The average Bonchev–Trinajstić information content (AvgIpc) is 3.51. The Morgan fingerprint density at radius 3 is 2.16 bits per heavy atom. The van der Waals surface area contributed by atoms with Crippen LogP contribution >= 0.6 is 0 Å². The third kappa shape index (κ3) is 11.1. The molecule has 0 radical (unpaired) electrons. The molecule has 0 aromatic heterocycles. The number of rotatable bonds is 10. The van der Waals surface area contributed by atoms with Crippen molar-refractivity contribution in [3.05, 3.63) is 0 Å². The van der Waals surface area contributed by atoms with Gasteiger partial charge in [0.25, 0.3) is 0 Å². The van der Waals surface area contributed by atoms with E-state index in [9.17, 15) is 38.4 Å². The lowest BCUT2D eigenvalue weighted by atomic mass is 9.75. The minimum absolute atomic E-state index is 0.0107. The van der Waals surface area contributed by atoms with Crippen molar-refractivity contribution in [3.63, 3.8) is 0 Å². The molecule has 4 aliphatic rings. The molecule has 0 aliphatic carbocycles. The summed E-state index contributed by atoms with van der Waals surface area (Å²) >= 11 is 0. The van der Waals surface area contributed by atoms with Gasteiger partial charge < -0.3 is 63.8 Å². The summed E-state index contributed by atoms with van der Waals surface area (Å²) in [5.41, 5.74) is -6.34. The van der Waals surface area contributed by atoms with Crippen molar-refractivity contribution in [1.82, 2.24) is 15.1 Å². The van der Waals surface area contributed by atoms with Crippen LogP contribution in [0.3, 0.4) is 0 Å². The van der Waals surface area contributed by atoms with Crippen LogP contribution in [0.2, 0.25) is 0 Å². The summed E-state index contributed by atoms with van der Waals surface area (Å²) in [6.45, 7) is 20.1. The zero-order chi connectivity index (χ0) is 46.2. The summed E-state index contributed by atoms with van der Waals surface area (Å²) in [5.74, 6) is -3.14. The van der Waals surface area contributed by atoms with Crippen molar-refractivity contribution in [2.75, 3.05) is 40.8 Å². The van der Waals surface area contributed by atoms with E-state index in [2.05, 4.69) is 5.32 Å². The van der Waals surface area contributed by atoms with E-state index in [-0.39, 0.29) is 38.1 Å². The van der Waals surface area contributed by atoms with Crippen LogP contribution in [0, 0.1) is 17.8 Å². The molecule has 0 aromatic carbocycles. The van der Waals surface area contributed by atoms with Gasteiger partial charge in [-0.1, -0.05) is 27.7 Å². The highest BCUT2D eigenvalue weighted by Gasteiger charge is 2.60. The first-order chi connectivity index (χ1) is 28.1. The molecule has 1 unspecified atom stereocenters. The second-order valence-electron chi connectivity index (χ2n) is 19.4. The van der Waals surface area contributed by atoms with Gasteiger partial charge in [-0.2, -0.15) is 13.2 Å². The number of carbonyl (C=O) groups is 1. The maximum Gasteiger partial charge on any atom is 0.428 e. The van der Waals surface area contributed by atoms with Gasteiger partial charge in [0.2, 0.25) is 6.23 Å². The molecule has 61 heavy (non-hydrogen) atoms. The molecule has 4 heterocycles. The van der Waals surface area contributed by atoms with Crippen molar-refractivity contribution >= 4 is 5.97 Å². The molecule has 4 aliphatic heterocycles. The number of ether oxygens (including phenoxy) is 7. The van der Waals surface area contributed by atoms with Crippen molar-refractivity contribution in [1.29, 1.82) is 0 Å². The normalized spacial score (nSPS) is 48.0. The predicted octanol–water partition coefficient (Wildman–Crippen LogP) is 3.57. The number of esters is 1. The van der Waals surface area contributed by atoms with Crippen LogP contribution in [-0.2, 0) is 38.0 Å². The monoisotopic (exact) mass is 886 g/mol. The Kier molecular flexibility index (Phi) is 17.2. The van der Waals surface area contributed by atoms with Gasteiger partial charge in [-0.05, 0) is 101 Å². The van der Waals surface area contributed by atoms with E-state index in [0.29, 0.717) is 13.1 Å². The standard InChI is InChI=1S/C43H78F3N3O12/c1-15-17-47-22-42(54)28(8)57-31(20-40(42,10)55-14)59-32-25(5)35(61-37-33-29(18-24(4)56-37)49(13)38(60-33)43(44,45)46)39(9,52)19-23(3)21-48(12)27(7)34(50)41(11,53)30(16-2)58-36(51)26(32)6/h23-35,37-38,47,50,52-54H,15-22H2,1-14H3/t23-,24-,25+,26-,27-,28+,29+,30-,31+,32+,33-,34-,35-,37+,38?,39-,40-,41-,42+/m1/s1. The smallest absolute Gasteiger partial charge is 0.428 e. The Bertz CT molecular complexity index is 1430. The van der Waals surface area contributed by atoms with E-state index in [1.807, 2.05) is 18.7 Å². The minimum Gasteiger partial charge on any atom is -0.459 e. The number of nitrogens with one attached hydrogen (secondary N) is 1. The lowest BCUT2D eigenvalue weighted by Crippen LogP contribution is -2.70. The van der Waals surface area contributed by atoms with E-state index < -0.39 is 120 Å². The number of aliphatic hydroxyl groups is 4. The fourth-order valence-electron chi connectivity index (χ4n) is 10.3. The topological polar surface area (TPSA) is 181 Å². The Morgan fingerprint density at radius 2 is 1.59 bits per heavy atom. The number of likely N-dealkylation sites (N-methyl/N-ethyl adjacent to an activating group) is 2. The van der Waals surface area contributed by atoms with Crippen LogP contribution in [0.1, 0.15) is 108 Å². The number of methoxy groups -OCH3 is 1. The maximum atomic E-state index is 14.4. The Hall–Kier alpha value is -1.26. The van der Waals surface area contributed by atoms with E-state index in [1.54, 1.807) is 62.4 Å². The molecule has 0 bridgehead atoms. The van der Waals surface area contributed by atoms with E-state index in [0.717, 1.165) is 11.3 Å². The highest BCUT2D eigenvalue weighted by molar-refractivity contribution is 5.73. The Morgan fingerprint density at radius 1 is 0.951 bits per heavy atom. The van der Waals surface area contributed by atoms with Crippen LogP contribution in [0.25, 0.3) is 0 Å². The van der Waals surface area contributed by atoms with Crippen molar-refractivity contribution < 1.29 is 71.5 Å². The molecule has 4 saturated heterocycles. The molecule has 0 amide bonds. The van der Waals surface area contributed by atoms with Crippen molar-refractivity contribution in [2.45, 2.75) is 210 Å². The van der Waals surface area contributed by atoms with Gasteiger partial charge in [-0.3, -0.25) is 9.69 Å². The molecule has 18 heteroatoms. The number of fused-ring (bicyclic) bond motifs is 1. The summed E-state index contributed by atoms with van der Waals surface area (Å²) in [4.78, 5) is 17.4. The van der Waals surface area contributed by atoms with E-state index in [1.165, 1.54) is 21.1 Å². The van der Waals surface area contributed by atoms with Gasteiger partial charge in [0.1, 0.15) is 35.1 Å². The number of alkyl halides is 3. The zero-order valence-electron chi connectivity index (χ0n) is 38.9. The molecule has 358 valence electrons. The van der Waals surface area contributed by atoms with Crippen LogP contribution in [0.15, 0.2) is 0 Å². The second-order valence-corrected chi connectivity index (χ2v) is 19.4. The molecule has 0 saturated carbocycles. The molecule has 15 nitrogen and oxygen atoms in total. The molecular formula is C43H78F3N3O12. The molecule has 5 N–H and O–H groups in total. The minimum atomic E-state index is -4.70. The van der Waals surface area contributed by atoms with Crippen LogP contribution in [-0.4, -0.2) is 179 Å². The van der Waals surface area contributed by atoms with Gasteiger partial charge in [0, 0.05) is 44.6 Å². The first kappa shape index (κ1) is 52.4. The van der Waals surface area contributed by atoms with Crippen molar-refractivity contribution in [2.24, 2.45) is 17.8 Å². The third-order valence-electron chi connectivity index (χ3n) is 14.3. The van der Waals surface area contributed by atoms with Crippen LogP contribution < -0.4 is 5.32 Å². The SMILES string of the molecule is CCCNC[C@]1(O)[C@H](C)O[C@@H](O[C@H]2[C@H](C)[C@@H](O[C@@H]3O[C@H](C)C[C@H]4[C@H]3OC(C(F)(F)F)N4C)[C@](C)(O)C[C@@H](C)CN(C)[C@H](C)[C@@H](O)[C@](C)(O)[C@@H](CC)OC(=O)[C@@H]2C)C[C@@]1(C)OC. The lowest BCUT2D eigenvalue weighted by Gasteiger charge is -2.53. The van der Waals surface area contributed by atoms with Gasteiger partial charge in [0.15, 0.2) is 12.6 Å². The molecule has 4 rings (SSSR count). The Labute approximate surface area is 361 Å². The van der Waals surface area contributed by atoms with Gasteiger partial charge in [-0.15, -0.1) is 0 Å². The largest absolute Gasteiger partial charge is 0.459 e. The second kappa shape index (κ2) is 20.1. The summed E-state index contributed by atoms with van der Waals surface area (Å²) in [7, 11) is 4.63. The van der Waals surface area contributed by atoms with E-state index >= 15 is 0 Å². The molecule has 0 aromatic rings. The Balaban J connectivity index is 1.84. The predicted molar refractivity (Wildman–Crippen MR) is 219 cm³/mol. The maximum absolute atomic E-state index is 14.4. The number of aliphatic hydroxyl groups excluding tert-OH is 1. The number of hydrogen-bond donors (Lipinski definition) is 5. The number of cyclic esters (lactones) is 1. The van der Waals surface area contributed by atoms with Gasteiger partial charge in [-0.25, -0.2) is 0 Å². The first-order valence-electron chi connectivity index (χ1n) is 22.2. The summed E-state index contributed by atoms with van der Waals surface area (Å²) in [6.07, 6.45) is -15.5. The van der Waals surface area contributed by atoms with Crippen LogP contribution in [0.5, 0.6) is 0 Å². The number of halogens is 3. The summed E-state index contributed by atoms with van der Waals surface area (Å²) < 4.78 is 86.7. The summed E-state index contributed by atoms with van der Waals surface area (Å²) in [5, 5.41) is 51.4. The fraction of sp³-hybridized carbons (Fsp3) is 0.977. The summed E-state index contributed by atoms with van der Waals surface area (Å²) in [6, 6.07) is -1.35. The third-order valence-corrected chi connectivity index (χ3v) is 14.3. The molecular weight excluding hydrogens is 807 g/mol. The number of nitrogens with zero attached hydrogens (tertiary/aromatic N) is 2. The van der Waals surface area contributed by atoms with Crippen LogP contribution in [0.4, 0.5) is 13.2 Å².